The lowest BCUT2D eigenvalue weighted by Crippen LogP contribution is -2.28. The van der Waals surface area contributed by atoms with E-state index in [0.717, 1.165) is 18.8 Å². The van der Waals surface area contributed by atoms with E-state index in [-0.39, 0.29) is 5.84 Å². The van der Waals surface area contributed by atoms with Crippen molar-refractivity contribution >= 4 is 23.1 Å². The topological polar surface area (TPSA) is 65.1 Å². The molecule has 0 fully saturated rings. The van der Waals surface area contributed by atoms with E-state index in [1.807, 2.05) is 33.3 Å². The molecule has 0 aliphatic heterocycles. The van der Waals surface area contributed by atoms with Gasteiger partial charge in [-0.05, 0) is 32.3 Å². The Kier molecular flexibility index (Phi) is 5.25. The molecule has 0 amide bonds. The number of nitrogens with two attached hydrogens (primary N) is 1. The lowest BCUT2D eigenvalue weighted by atomic mass is 10.2. The first-order valence-corrected chi connectivity index (χ1v) is 5.96. The van der Waals surface area contributed by atoms with Gasteiger partial charge in [-0.2, -0.15) is 0 Å². The predicted molar refractivity (Wildman–Crippen MR) is 75.8 cm³/mol. The summed E-state index contributed by atoms with van der Waals surface area (Å²) >= 11 is 6.10. The smallest absolute Gasteiger partial charge is 0.171 e. The zero-order valence-electron chi connectivity index (χ0n) is 10.9. The molecule has 100 valence electrons. The number of hydrogen-bond acceptors (Lipinski definition) is 4. The van der Waals surface area contributed by atoms with Crippen LogP contribution < -0.4 is 10.6 Å². The van der Waals surface area contributed by atoms with Crippen LogP contribution in [0.25, 0.3) is 0 Å². The highest BCUT2D eigenvalue weighted by Crippen LogP contribution is 2.22. The van der Waals surface area contributed by atoms with Gasteiger partial charge in [0, 0.05) is 31.4 Å². The van der Waals surface area contributed by atoms with Gasteiger partial charge >= 0.3 is 0 Å². The van der Waals surface area contributed by atoms with E-state index in [1.165, 1.54) is 0 Å². The predicted octanol–water partition coefficient (Wildman–Crippen LogP) is 1.43. The summed E-state index contributed by atoms with van der Waals surface area (Å²) in [6, 6.07) is 5.46. The maximum Gasteiger partial charge on any atom is 0.171 e. The maximum atomic E-state index is 8.62. The van der Waals surface area contributed by atoms with Crippen LogP contribution in [-0.2, 0) is 0 Å². The van der Waals surface area contributed by atoms with E-state index in [0.29, 0.717) is 10.6 Å². The molecular formula is C12H19ClN4O. The molecule has 0 aliphatic carbocycles. The molecule has 0 saturated carbocycles. The second-order valence-electron chi connectivity index (χ2n) is 4.37. The molecule has 0 heterocycles. The summed E-state index contributed by atoms with van der Waals surface area (Å²) in [7, 11) is 6.06. The molecule has 0 spiro atoms. The molecule has 0 atom stereocenters. The second kappa shape index (κ2) is 6.47. The van der Waals surface area contributed by atoms with Crippen LogP contribution in [0.4, 0.5) is 5.69 Å². The third-order valence-electron chi connectivity index (χ3n) is 2.66. The highest BCUT2D eigenvalue weighted by Gasteiger charge is 2.08. The van der Waals surface area contributed by atoms with Gasteiger partial charge in [0.2, 0.25) is 0 Å². The average molecular weight is 271 g/mol. The molecular weight excluding hydrogens is 252 g/mol. The summed E-state index contributed by atoms with van der Waals surface area (Å²) in [6.07, 6.45) is 0. The van der Waals surface area contributed by atoms with Gasteiger partial charge in [-0.3, -0.25) is 0 Å². The van der Waals surface area contributed by atoms with Crippen molar-refractivity contribution in [3.05, 3.63) is 28.8 Å². The summed E-state index contributed by atoms with van der Waals surface area (Å²) in [5, 5.41) is 12.0. The van der Waals surface area contributed by atoms with Gasteiger partial charge < -0.3 is 20.7 Å². The highest BCUT2D eigenvalue weighted by atomic mass is 35.5. The van der Waals surface area contributed by atoms with Crippen LogP contribution in [0.5, 0.6) is 0 Å². The van der Waals surface area contributed by atoms with Crippen molar-refractivity contribution in [3.8, 4) is 0 Å². The highest BCUT2D eigenvalue weighted by molar-refractivity contribution is 6.34. The van der Waals surface area contributed by atoms with Crippen LogP contribution in [0.1, 0.15) is 5.56 Å². The molecule has 0 radical (unpaired) electrons. The Hall–Kier alpha value is -1.46. The number of rotatable bonds is 5. The molecule has 0 unspecified atom stereocenters. The average Bonchev–Trinajstić information content (AvgIpc) is 2.34. The molecule has 6 heteroatoms. The second-order valence-corrected chi connectivity index (χ2v) is 4.78. The Bertz CT molecular complexity index is 434. The quantitative estimate of drug-likeness (QED) is 0.368. The molecule has 0 saturated heterocycles. The molecule has 1 aromatic rings. The summed E-state index contributed by atoms with van der Waals surface area (Å²) < 4.78 is 0. The van der Waals surface area contributed by atoms with E-state index in [1.54, 1.807) is 6.07 Å². The van der Waals surface area contributed by atoms with Crippen LogP contribution in [0, 0.1) is 0 Å². The minimum absolute atomic E-state index is 0.0162. The summed E-state index contributed by atoms with van der Waals surface area (Å²) in [5.41, 5.74) is 7.04. The van der Waals surface area contributed by atoms with Gasteiger partial charge in [0.05, 0.1) is 5.02 Å². The lowest BCUT2D eigenvalue weighted by molar-refractivity contribution is 0.318. The summed E-state index contributed by atoms with van der Waals surface area (Å²) in [5.74, 6) is 0.0162. The minimum Gasteiger partial charge on any atom is -0.409 e. The van der Waals surface area contributed by atoms with Crippen molar-refractivity contribution in [2.75, 3.05) is 39.1 Å². The van der Waals surface area contributed by atoms with E-state index in [4.69, 9.17) is 22.5 Å². The minimum atomic E-state index is 0.0162. The number of nitrogens with zero attached hydrogens (tertiary/aromatic N) is 3. The maximum absolute atomic E-state index is 8.62. The number of amidine groups is 1. The number of benzene rings is 1. The van der Waals surface area contributed by atoms with Gasteiger partial charge in [-0.15, -0.1) is 0 Å². The number of oxime groups is 1. The van der Waals surface area contributed by atoms with Crippen molar-refractivity contribution < 1.29 is 5.21 Å². The Morgan fingerprint density at radius 1 is 1.33 bits per heavy atom. The Labute approximate surface area is 112 Å². The number of hydrogen-bond donors (Lipinski definition) is 2. The normalized spacial score (nSPS) is 11.9. The molecule has 1 aromatic carbocycles. The van der Waals surface area contributed by atoms with Gasteiger partial charge in [-0.25, -0.2) is 0 Å². The fourth-order valence-electron chi connectivity index (χ4n) is 1.48. The van der Waals surface area contributed by atoms with E-state index in [9.17, 15) is 0 Å². The Morgan fingerprint density at radius 2 is 2.00 bits per heavy atom. The van der Waals surface area contributed by atoms with Crippen LogP contribution >= 0.6 is 11.6 Å². The van der Waals surface area contributed by atoms with Crippen LogP contribution in [-0.4, -0.2) is 50.2 Å². The molecule has 3 N–H and O–H groups in total. The monoisotopic (exact) mass is 270 g/mol. The molecule has 0 aliphatic rings. The van der Waals surface area contributed by atoms with Crippen molar-refractivity contribution in [1.82, 2.24) is 4.90 Å². The standard InChI is InChI=1S/C12H19ClN4O/c1-16(2)6-7-17(3)9-4-5-10(11(13)8-9)12(14)15-18/h4-5,8,18H,6-7H2,1-3H3,(H2,14,15). The number of anilines is 1. The first-order chi connectivity index (χ1) is 8.45. The first-order valence-electron chi connectivity index (χ1n) is 5.59. The van der Waals surface area contributed by atoms with Crippen molar-refractivity contribution in [1.29, 1.82) is 0 Å². The molecule has 5 nitrogen and oxygen atoms in total. The van der Waals surface area contributed by atoms with Gasteiger partial charge in [0.25, 0.3) is 0 Å². The fraction of sp³-hybridized carbons (Fsp3) is 0.417. The van der Waals surface area contributed by atoms with Gasteiger partial charge in [0.1, 0.15) is 0 Å². The summed E-state index contributed by atoms with van der Waals surface area (Å²) in [4.78, 5) is 4.21. The zero-order chi connectivity index (χ0) is 13.7. The third kappa shape index (κ3) is 3.78. The van der Waals surface area contributed by atoms with E-state index >= 15 is 0 Å². The molecule has 18 heavy (non-hydrogen) atoms. The molecule has 1 rings (SSSR count). The number of halogens is 1. The van der Waals surface area contributed by atoms with Crippen LogP contribution in [0.2, 0.25) is 5.02 Å². The number of likely N-dealkylation sites (N-methyl/N-ethyl adjacent to an activating group) is 2. The zero-order valence-corrected chi connectivity index (χ0v) is 11.6. The lowest BCUT2D eigenvalue weighted by Gasteiger charge is -2.22. The van der Waals surface area contributed by atoms with E-state index < -0.39 is 0 Å². The van der Waals surface area contributed by atoms with Crippen molar-refractivity contribution in [3.63, 3.8) is 0 Å². The van der Waals surface area contributed by atoms with Crippen molar-refractivity contribution in [2.24, 2.45) is 10.9 Å². The van der Waals surface area contributed by atoms with Gasteiger partial charge in [-0.1, -0.05) is 16.8 Å². The Morgan fingerprint density at radius 3 is 2.50 bits per heavy atom. The SMILES string of the molecule is CN(C)CCN(C)c1ccc(C(N)=NO)c(Cl)c1. The van der Waals surface area contributed by atoms with Crippen LogP contribution in [0.15, 0.2) is 23.4 Å². The molecule has 0 aromatic heterocycles. The van der Waals surface area contributed by atoms with Crippen LogP contribution in [0.3, 0.4) is 0 Å². The largest absolute Gasteiger partial charge is 0.409 e. The van der Waals surface area contributed by atoms with Gasteiger partial charge in [0.15, 0.2) is 5.84 Å². The van der Waals surface area contributed by atoms with E-state index in [2.05, 4.69) is 15.0 Å². The summed E-state index contributed by atoms with van der Waals surface area (Å²) in [6.45, 7) is 1.85. The third-order valence-corrected chi connectivity index (χ3v) is 2.97. The molecule has 0 bridgehead atoms. The fourth-order valence-corrected chi connectivity index (χ4v) is 1.75. The van der Waals surface area contributed by atoms with Crippen molar-refractivity contribution in [2.45, 2.75) is 0 Å². The first kappa shape index (κ1) is 14.6. The Balaban J connectivity index is 2.84.